The molecule has 1 aromatic heterocycles. The molecule has 4 heteroatoms. The summed E-state index contributed by atoms with van der Waals surface area (Å²) in [4.78, 5) is 1.29. The summed E-state index contributed by atoms with van der Waals surface area (Å²) in [7, 11) is 0. The van der Waals surface area contributed by atoms with Gasteiger partial charge >= 0.3 is 0 Å². The Balaban J connectivity index is 2.30. The Morgan fingerprint density at radius 1 is 1.60 bits per heavy atom. The van der Waals surface area contributed by atoms with Crippen molar-refractivity contribution in [1.29, 1.82) is 0 Å². The summed E-state index contributed by atoms with van der Waals surface area (Å²) >= 11 is 1.49. The minimum Gasteiger partial charge on any atom is -0.327 e. The van der Waals surface area contributed by atoms with Crippen molar-refractivity contribution in [2.45, 2.75) is 25.3 Å². The van der Waals surface area contributed by atoms with Crippen molar-refractivity contribution >= 4 is 11.5 Å². The number of hydrogen-bond acceptors (Lipinski definition) is 4. The molecule has 2 rings (SSSR count). The van der Waals surface area contributed by atoms with E-state index < -0.39 is 0 Å². The van der Waals surface area contributed by atoms with Crippen molar-refractivity contribution in [3.63, 3.8) is 0 Å². The van der Waals surface area contributed by atoms with Gasteiger partial charge in [0.05, 0.1) is 10.6 Å². The van der Waals surface area contributed by atoms with Gasteiger partial charge in [-0.05, 0) is 24.4 Å². The number of hydrogen-bond donors (Lipinski definition) is 1. The first kappa shape index (κ1) is 6.24. The molecule has 1 aromatic rings. The standard InChI is InChI=1S/C6H9N3S/c7-4-1-2-5-6(3-4)10-9-8-5/h4H,1-3,7H2. The SMILES string of the molecule is NC1CCc2nnsc2C1. The van der Waals surface area contributed by atoms with E-state index in [1.165, 1.54) is 22.1 Å². The highest BCUT2D eigenvalue weighted by atomic mass is 32.1. The number of aryl methyl sites for hydroxylation is 1. The van der Waals surface area contributed by atoms with Gasteiger partial charge in [0, 0.05) is 12.5 Å². The summed E-state index contributed by atoms with van der Waals surface area (Å²) < 4.78 is 3.87. The molecular weight excluding hydrogens is 146 g/mol. The van der Waals surface area contributed by atoms with Crippen LogP contribution in [0.5, 0.6) is 0 Å². The first-order valence-electron chi connectivity index (χ1n) is 3.42. The topological polar surface area (TPSA) is 51.8 Å². The smallest absolute Gasteiger partial charge is 0.0788 e. The number of nitrogens with two attached hydrogens (primary N) is 1. The van der Waals surface area contributed by atoms with Crippen molar-refractivity contribution in [3.05, 3.63) is 10.6 Å². The molecule has 0 saturated carbocycles. The van der Waals surface area contributed by atoms with Gasteiger partial charge in [0.25, 0.3) is 0 Å². The van der Waals surface area contributed by atoms with Crippen molar-refractivity contribution < 1.29 is 0 Å². The first-order chi connectivity index (χ1) is 4.86. The summed E-state index contributed by atoms with van der Waals surface area (Å²) in [5.74, 6) is 0. The average Bonchev–Trinajstić information content (AvgIpc) is 2.33. The first-order valence-corrected chi connectivity index (χ1v) is 4.19. The van der Waals surface area contributed by atoms with Crippen molar-refractivity contribution in [2.24, 2.45) is 5.73 Å². The second-order valence-electron chi connectivity index (χ2n) is 2.65. The molecule has 0 radical (unpaired) electrons. The molecule has 1 aliphatic carbocycles. The third-order valence-electron chi connectivity index (χ3n) is 1.83. The highest BCUT2D eigenvalue weighted by Gasteiger charge is 2.17. The van der Waals surface area contributed by atoms with E-state index in [-0.39, 0.29) is 0 Å². The molecule has 54 valence electrons. The summed E-state index contributed by atoms with van der Waals surface area (Å²) in [6.07, 6.45) is 3.07. The van der Waals surface area contributed by atoms with E-state index in [0.717, 1.165) is 19.3 Å². The Morgan fingerprint density at radius 3 is 3.40 bits per heavy atom. The highest BCUT2D eigenvalue weighted by Crippen LogP contribution is 2.20. The van der Waals surface area contributed by atoms with Crippen LogP contribution in [0.25, 0.3) is 0 Å². The van der Waals surface area contributed by atoms with Crippen LogP contribution in [0, 0.1) is 0 Å². The summed E-state index contributed by atoms with van der Waals surface area (Å²) in [5, 5.41) is 4.00. The third-order valence-corrected chi connectivity index (χ3v) is 2.62. The van der Waals surface area contributed by atoms with Gasteiger partial charge in [0.2, 0.25) is 0 Å². The van der Waals surface area contributed by atoms with E-state index in [9.17, 15) is 0 Å². The van der Waals surface area contributed by atoms with Crippen LogP contribution in [0.1, 0.15) is 17.0 Å². The van der Waals surface area contributed by atoms with E-state index in [4.69, 9.17) is 5.73 Å². The monoisotopic (exact) mass is 155 g/mol. The molecule has 1 unspecified atom stereocenters. The zero-order chi connectivity index (χ0) is 6.97. The molecule has 1 atom stereocenters. The Kier molecular flexibility index (Phi) is 1.43. The lowest BCUT2D eigenvalue weighted by molar-refractivity contribution is 0.574. The Bertz CT molecular complexity index is 233. The van der Waals surface area contributed by atoms with Crippen molar-refractivity contribution in [1.82, 2.24) is 9.59 Å². The fourth-order valence-electron chi connectivity index (χ4n) is 1.23. The maximum atomic E-state index is 5.76. The number of rotatable bonds is 0. The van der Waals surface area contributed by atoms with Crippen LogP contribution in [-0.4, -0.2) is 15.6 Å². The van der Waals surface area contributed by atoms with Gasteiger partial charge in [-0.2, -0.15) is 0 Å². The van der Waals surface area contributed by atoms with Crippen LogP contribution in [0.4, 0.5) is 0 Å². The Labute approximate surface area is 63.4 Å². The Morgan fingerprint density at radius 2 is 2.50 bits per heavy atom. The molecule has 0 bridgehead atoms. The second-order valence-corrected chi connectivity index (χ2v) is 3.48. The van der Waals surface area contributed by atoms with Crippen LogP contribution in [0.3, 0.4) is 0 Å². The van der Waals surface area contributed by atoms with Gasteiger partial charge in [-0.25, -0.2) is 0 Å². The van der Waals surface area contributed by atoms with E-state index in [0.29, 0.717) is 6.04 Å². The minimum atomic E-state index is 0.342. The van der Waals surface area contributed by atoms with Crippen LogP contribution in [-0.2, 0) is 12.8 Å². The van der Waals surface area contributed by atoms with Gasteiger partial charge in [-0.3, -0.25) is 0 Å². The molecule has 2 N–H and O–H groups in total. The maximum Gasteiger partial charge on any atom is 0.0788 e. The number of aromatic nitrogens is 2. The number of nitrogens with zero attached hydrogens (tertiary/aromatic N) is 2. The van der Waals surface area contributed by atoms with E-state index >= 15 is 0 Å². The average molecular weight is 155 g/mol. The minimum absolute atomic E-state index is 0.342. The lowest BCUT2D eigenvalue weighted by Gasteiger charge is -2.14. The Hall–Kier alpha value is -0.480. The number of fused-ring (bicyclic) bond motifs is 1. The molecule has 10 heavy (non-hydrogen) atoms. The predicted octanol–water partition coefficient (Wildman–Crippen LogP) is 0.354. The normalized spacial score (nSPS) is 24.3. The zero-order valence-corrected chi connectivity index (χ0v) is 6.40. The van der Waals surface area contributed by atoms with Gasteiger partial charge in [-0.15, -0.1) is 5.10 Å². The van der Waals surface area contributed by atoms with E-state index in [1.807, 2.05) is 0 Å². The molecular formula is C6H9N3S. The van der Waals surface area contributed by atoms with E-state index in [2.05, 4.69) is 9.59 Å². The van der Waals surface area contributed by atoms with Crippen LogP contribution in [0.15, 0.2) is 0 Å². The lowest BCUT2D eigenvalue weighted by Crippen LogP contribution is -2.26. The van der Waals surface area contributed by atoms with Crippen molar-refractivity contribution in [2.75, 3.05) is 0 Å². The van der Waals surface area contributed by atoms with E-state index in [1.54, 1.807) is 0 Å². The van der Waals surface area contributed by atoms with Crippen LogP contribution < -0.4 is 5.73 Å². The highest BCUT2D eigenvalue weighted by molar-refractivity contribution is 7.05. The molecule has 0 aliphatic heterocycles. The summed E-state index contributed by atoms with van der Waals surface area (Å²) in [5.41, 5.74) is 6.93. The van der Waals surface area contributed by atoms with Gasteiger partial charge in [0.1, 0.15) is 0 Å². The molecule has 0 saturated heterocycles. The van der Waals surface area contributed by atoms with Gasteiger partial charge in [-0.1, -0.05) is 4.49 Å². The molecule has 0 aromatic carbocycles. The zero-order valence-electron chi connectivity index (χ0n) is 5.58. The molecule has 0 amide bonds. The molecule has 0 spiro atoms. The summed E-state index contributed by atoms with van der Waals surface area (Å²) in [6.45, 7) is 0. The molecule has 3 nitrogen and oxygen atoms in total. The summed E-state index contributed by atoms with van der Waals surface area (Å²) in [6, 6.07) is 0.342. The fraction of sp³-hybridized carbons (Fsp3) is 0.667. The van der Waals surface area contributed by atoms with Crippen molar-refractivity contribution in [3.8, 4) is 0 Å². The van der Waals surface area contributed by atoms with Gasteiger partial charge < -0.3 is 5.73 Å². The maximum absolute atomic E-state index is 5.76. The lowest BCUT2D eigenvalue weighted by atomic mass is 9.99. The van der Waals surface area contributed by atoms with Gasteiger partial charge in [0.15, 0.2) is 0 Å². The second kappa shape index (κ2) is 2.29. The molecule has 1 heterocycles. The van der Waals surface area contributed by atoms with Crippen LogP contribution in [0.2, 0.25) is 0 Å². The molecule has 0 fully saturated rings. The quantitative estimate of drug-likeness (QED) is 0.588. The molecule has 1 aliphatic rings. The largest absolute Gasteiger partial charge is 0.327 e. The fourth-order valence-corrected chi connectivity index (χ4v) is 2.01. The third kappa shape index (κ3) is 0.932. The predicted molar refractivity (Wildman–Crippen MR) is 39.9 cm³/mol. The van der Waals surface area contributed by atoms with Crippen LogP contribution >= 0.6 is 11.5 Å².